The molecule has 94 valence electrons. The van der Waals surface area contributed by atoms with E-state index in [4.69, 9.17) is 16.3 Å². The minimum atomic E-state index is 0.461. The van der Waals surface area contributed by atoms with Gasteiger partial charge in [0.05, 0.1) is 18.3 Å². The number of hydrogen-bond acceptors (Lipinski definition) is 3. The van der Waals surface area contributed by atoms with Crippen LogP contribution in [0.1, 0.15) is 0 Å². The van der Waals surface area contributed by atoms with E-state index < -0.39 is 0 Å². The molecule has 3 aromatic rings. The SMILES string of the molecule is COc1cccc(-c2cc3ncccc3c(Cl)n2)c1. The Morgan fingerprint density at radius 2 is 2.00 bits per heavy atom. The molecule has 0 spiro atoms. The van der Waals surface area contributed by atoms with Gasteiger partial charge in [-0.2, -0.15) is 0 Å². The molecule has 1 aromatic carbocycles. The lowest BCUT2D eigenvalue weighted by atomic mass is 10.1. The zero-order valence-corrected chi connectivity index (χ0v) is 11.1. The topological polar surface area (TPSA) is 35.0 Å². The second-order valence-electron chi connectivity index (χ2n) is 4.10. The van der Waals surface area contributed by atoms with Gasteiger partial charge in [-0.15, -0.1) is 0 Å². The van der Waals surface area contributed by atoms with Gasteiger partial charge in [0, 0.05) is 17.1 Å². The third kappa shape index (κ3) is 2.25. The van der Waals surface area contributed by atoms with Crippen molar-refractivity contribution >= 4 is 22.5 Å². The molecule has 0 atom stereocenters. The molecule has 0 aliphatic carbocycles. The first-order valence-electron chi connectivity index (χ1n) is 5.83. The van der Waals surface area contributed by atoms with E-state index in [1.807, 2.05) is 42.5 Å². The molecule has 0 N–H and O–H groups in total. The summed E-state index contributed by atoms with van der Waals surface area (Å²) in [4.78, 5) is 8.73. The number of benzene rings is 1. The first-order valence-corrected chi connectivity index (χ1v) is 6.21. The first-order chi connectivity index (χ1) is 9.28. The lowest BCUT2D eigenvalue weighted by molar-refractivity contribution is 0.415. The molecule has 0 saturated heterocycles. The maximum absolute atomic E-state index is 6.20. The minimum Gasteiger partial charge on any atom is -0.497 e. The molecule has 0 amide bonds. The second-order valence-corrected chi connectivity index (χ2v) is 4.46. The molecule has 0 saturated carbocycles. The molecule has 0 aliphatic rings. The average Bonchev–Trinajstić information content (AvgIpc) is 2.47. The van der Waals surface area contributed by atoms with Crippen LogP contribution in [0.4, 0.5) is 0 Å². The van der Waals surface area contributed by atoms with Crippen LogP contribution in [0.5, 0.6) is 5.75 Å². The molecule has 3 nitrogen and oxygen atoms in total. The van der Waals surface area contributed by atoms with Gasteiger partial charge in [0.2, 0.25) is 0 Å². The quantitative estimate of drug-likeness (QED) is 0.661. The van der Waals surface area contributed by atoms with Crippen LogP contribution in [0.2, 0.25) is 5.15 Å². The molecule has 0 radical (unpaired) electrons. The maximum Gasteiger partial charge on any atom is 0.139 e. The van der Waals surface area contributed by atoms with E-state index >= 15 is 0 Å². The van der Waals surface area contributed by atoms with Crippen molar-refractivity contribution in [3.8, 4) is 17.0 Å². The Bertz CT molecular complexity index is 743. The average molecular weight is 271 g/mol. The van der Waals surface area contributed by atoms with Gasteiger partial charge >= 0.3 is 0 Å². The van der Waals surface area contributed by atoms with E-state index in [-0.39, 0.29) is 0 Å². The van der Waals surface area contributed by atoms with Crippen LogP contribution in [0, 0.1) is 0 Å². The summed E-state index contributed by atoms with van der Waals surface area (Å²) in [6, 6.07) is 13.4. The number of hydrogen-bond donors (Lipinski definition) is 0. The van der Waals surface area contributed by atoms with Crippen molar-refractivity contribution in [2.24, 2.45) is 0 Å². The highest BCUT2D eigenvalue weighted by Gasteiger charge is 2.07. The number of aromatic nitrogens is 2. The van der Waals surface area contributed by atoms with Crippen LogP contribution < -0.4 is 4.74 Å². The number of nitrogens with zero attached hydrogens (tertiary/aromatic N) is 2. The fraction of sp³-hybridized carbons (Fsp3) is 0.0667. The Kier molecular flexibility index (Phi) is 3.05. The van der Waals surface area contributed by atoms with Gasteiger partial charge in [0.25, 0.3) is 0 Å². The van der Waals surface area contributed by atoms with Crippen molar-refractivity contribution in [2.75, 3.05) is 7.11 Å². The molecular formula is C15H11ClN2O. The number of rotatable bonds is 2. The Hall–Kier alpha value is -2.13. The molecule has 19 heavy (non-hydrogen) atoms. The van der Waals surface area contributed by atoms with Gasteiger partial charge in [-0.25, -0.2) is 4.98 Å². The molecule has 0 unspecified atom stereocenters. The Labute approximate surface area is 115 Å². The first kappa shape index (κ1) is 11.9. The van der Waals surface area contributed by atoms with Gasteiger partial charge in [-0.1, -0.05) is 23.7 Å². The number of ether oxygens (including phenoxy) is 1. The largest absolute Gasteiger partial charge is 0.497 e. The summed E-state index contributed by atoms with van der Waals surface area (Å²) in [5.74, 6) is 0.788. The summed E-state index contributed by atoms with van der Waals surface area (Å²) in [5.41, 5.74) is 2.57. The monoisotopic (exact) mass is 270 g/mol. The summed E-state index contributed by atoms with van der Waals surface area (Å²) in [6.07, 6.45) is 1.74. The zero-order chi connectivity index (χ0) is 13.2. The second kappa shape index (κ2) is 4.86. The number of halogens is 1. The highest BCUT2D eigenvalue weighted by Crippen LogP contribution is 2.28. The van der Waals surface area contributed by atoms with Crippen LogP contribution in [-0.2, 0) is 0 Å². The Morgan fingerprint density at radius 1 is 1.11 bits per heavy atom. The molecule has 4 heteroatoms. The van der Waals surface area contributed by atoms with Crippen molar-refractivity contribution in [1.82, 2.24) is 9.97 Å². The summed E-state index contributed by atoms with van der Waals surface area (Å²) in [5, 5.41) is 1.32. The highest BCUT2D eigenvalue weighted by atomic mass is 35.5. The molecular weight excluding hydrogens is 260 g/mol. The molecule has 0 fully saturated rings. The lowest BCUT2D eigenvalue weighted by Gasteiger charge is -2.06. The summed E-state index contributed by atoms with van der Waals surface area (Å²) < 4.78 is 5.22. The van der Waals surface area contributed by atoms with E-state index in [9.17, 15) is 0 Å². The van der Waals surface area contributed by atoms with Gasteiger partial charge in [0.1, 0.15) is 10.9 Å². The molecule has 3 rings (SSSR count). The van der Waals surface area contributed by atoms with Gasteiger partial charge in [0.15, 0.2) is 0 Å². The van der Waals surface area contributed by atoms with Crippen LogP contribution >= 0.6 is 11.6 Å². The molecule has 2 heterocycles. The predicted octanol–water partition coefficient (Wildman–Crippen LogP) is 3.96. The van der Waals surface area contributed by atoms with Crippen molar-refractivity contribution < 1.29 is 4.74 Å². The van der Waals surface area contributed by atoms with Crippen LogP contribution in [0.3, 0.4) is 0 Å². The van der Waals surface area contributed by atoms with E-state index in [0.29, 0.717) is 5.15 Å². The van der Waals surface area contributed by atoms with Crippen LogP contribution in [0.15, 0.2) is 48.7 Å². The fourth-order valence-corrected chi connectivity index (χ4v) is 2.22. The van der Waals surface area contributed by atoms with E-state index in [1.165, 1.54) is 0 Å². The van der Waals surface area contributed by atoms with Crippen molar-refractivity contribution in [1.29, 1.82) is 0 Å². The van der Waals surface area contributed by atoms with E-state index in [0.717, 1.165) is 27.9 Å². The number of pyridine rings is 2. The minimum absolute atomic E-state index is 0.461. The Balaban J connectivity index is 2.19. The smallest absolute Gasteiger partial charge is 0.139 e. The van der Waals surface area contributed by atoms with E-state index in [1.54, 1.807) is 13.3 Å². The Morgan fingerprint density at radius 3 is 2.84 bits per heavy atom. The third-order valence-corrected chi connectivity index (χ3v) is 3.21. The van der Waals surface area contributed by atoms with E-state index in [2.05, 4.69) is 9.97 Å². The fourth-order valence-electron chi connectivity index (χ4n) is 1.97. The van der Waals surface area contributed by atoms with Crippen LogP contribution in [-0.4, -0.2) is 17.1 Å². The predicted molar refractivity (Wildman–Crippen MR) is 76.5 cm³/mol. The van der Waals surface area contributed by atoms with Crippen LogP contribution in [0.25, 0.3) is 22.2 Å². The summed E-state index contributed by atoms with van der Waals surface area (Å²) in [7, 11) is 1.64. The van der Waals surface area contributed by atoms with Gasteiger partial charge in [-0.05, 0) is 30.3 Å². The lowest BCUT2D eigenvalue weighted by Crippen LogP contribution is -1.89. The molecule has 2 aromatic heterocycles. The summed E-state index contributed by atoms with van der Waals surface area (Å²) in [6.45, 7) is 0. The van der Waals surface area contributed by atoms with Crippen molar-refractivity contribution in [3.05, 3.63) is 53.8 Å². The van der Waals surface area contributed by atoms with Crippen molar-refractivity contribution in [3.63, 3.8) is 0 Å². The van der Waals surface area contributed by atoms with Gasteiger partial charge < -0.3 is 4.74 Å². The maximum atomic E-state index is 6.20. The zero-order valence-electron chi connectivity index (χ0n) is 10.3. The highest BCUT2D eigenvalue weighted by molar-refractivity contribution is 6.34. The number of fused-ring (bicyclic) bond motifs is 1. The normalized spacial score (nSPS) is 10.6. The molecule has 0 bridgehead atoms. The van der Waals surface area contributed by atoms with Gasteiger partial charge in [-0.3, -0.25) is 4.98 Å². The standard InChI is InChI=1S/C15H11ClN2O/c1-19-11-5-2-4-10(8-11)13-9-14-12(15(16)18-13)6-3-7-17-14/h2-9H,1H3. The summed E-state index contributed by atoms with van der Waals surface area (Å²) >= 11 is 6.20. The van der Waals surface area contributed by atoms with Crippen molar-refractivity contribution in [2.45, 2.75) is 0 Å². The third-order valence-electron chi connectivity index (χ3n) is 2.92. The molecule has 0 aliphatic heterocycles. The number of methoxy groups -OCH3 is 1.